The Morgan fingerprint density at radius 1 is 0.338 bits per heavy atom. The zero-order chi connectivity index (χ0) is 55.7. The minimum absolute atomic E-state index is 0.0957. The van der Waals surface area contributed by atoms with Crippen LogP contribution >= 0.6 is 90.7 Å². The summed E-state index contributed by atoms with van der Waals surface area (Å²) >= 11 is 15.7. The van der Waals surface area contributed by atoms with Crippen molar-refractivity contribution in [2.24, 2.45) is 0 Å². The number of hydrogen-bond acceptors (Lipinski definition) is 8. The van der Waals surface area contributed by atoms with Crippen LogP contribution in [0.4, 0.5) is 0 Å². The second-order valence-corrected chi connectivity index (χ2v) is 34.7. The highest BCUT2D eigenvalue weighted by Gasteiger charge is 2.47. The van der Waals surface area contributed by atoms with Crippen molar-refractivity contribution in [2.75, 3.05) is 0 Å². The van der Waals surface area contributed by atoms with Gasteiger partial charge in [0, 0.05) is 101 Å². The number of rotatable bonds is 2. The van der Waals surface area contributed by atoms with Crippen LogP contribution < -0.4 is 0 Å². The molecule has 0 aliphatic heterocycles. The van der Waals surface area contributed by atoms with Crippen LogP contribution in [-0.2, 0) is 23.7 Å². The summed E-state index contributed by atoms with van der Waals surface area (Å²) in [4.78, 5) is 23.3. The van der Waals surface area contributed by atoms with E-state index in [1.54, 1.807) is 55.6 Å². The van der Waals surface area contributed by atoms with Crippen molar-refractivity contribution in [3.05, 3.63) is 191 Å². The van der Waals surface area contributed by atoms with Gasteiger partial charge in [-0.1, -0.05) is 41.5 Å². The second kappa shape index (κ2) is 17.9. The van der Waals surface area contributed by atoms with Gasteiger partial charge >= 0.3 is 0 Å². The first-order chi connectivity index (χ1) is 38.1. The summed E-state index contributed by atoms with van der Waals surface area (Å²) in [5.41, 5.74) is 34.0. The molecule has 0 fully saturated rings. The standard InChI is InChI=1S/C26H18S4.C24H26S2.C22H22S2/c1-13-3-5-21(27-13)23-11-17-7-15-10-20-16(9-19(15)25(17)29-23)8-18-12-24(30-26(18)20)22-6-4-14(2)28-22;1-11-9-15-21(25-11)17-13(3)20-18(14(4)19(17)23(15,5)6)22-16(24(20,7)8)10-12(2)26-22;1-9-7-15-11(3)17-14(6)20-18(13(5)19(17)21(15)23-9)12(4)16-8-10(2)24-22(16)20/h3-6,9-12H,7-8H2,1-2H3;9-10H,1-8H3;7-8,11-12H,1-6H3. The molecule has 8 heterocycles. The molecule has 0 amide bonds. The topological polar surface area (TPSA) is 0 Å². The van der Waals surface area contributed by atoms with Crippen molar-refractivity contribution >= 4 is 90.7 Å². The molecule has 402 valence electrons. The van der Waals surface area contributed by atoms with E-state index >= 15 is 0 Å². The number of aryl methyl sites for hydroxylation is 6. The third kappa shape index (κ3) is 7.28. The normalized spacial score (nSPS) is 16.9. The van der Waals surface area contributed by atoms with Gasteiger partial charge in [0.2, 0.25) is 0 Å². The summed E-state index contributed by atoms with van der Waals surface area (Å²) in [6.45, 7) is 37.3. The fraction of sp³-hybridized carbons (Fsp3) is 0.306. The summed E-state index contributed by atoms with van der Waals surface area (Å²) in [5, 5.41) is 0. The van der Waals surface area contributed by atoms with Gasteiger partial charge in [-0.3, -0.25) is 0 Å². The molecule has 0 radical (unpaired) electrons. The van der Waals surface area contributed by atoms with Gasteiger partial charge < -0.3 is 0 Å². The van der Waals surface area contributed by atoms with Crippen LogP contribution in [0, 0.1) is 69.2 Å². The van der Waals surface area contributed by atoms with E-state index in [0.717, 1.165) is 12.8 Å². The average molecular weight is 1190 g/mol. The minimum atomic E-state index is 0.0957. The molecule has 2 unspecified atom stereocenters. The van der Waals surface area contributed by atoms with Gasteiger partial charge in [-0.2, -0.15) is 0 Å². The van der Waals surface area contributed by atoms with Crippen molar-refractivity contribution in [3.8, 4) is 82.2 Å². The minimum Gasteiger partial charge on any atom is -0.140 e. The Bertz CT molecular complexity index is 4230. The van der Waals surface area contributed by atoms with E-state index in [4.69, 9.17) is 0 Å². The molecule has 0 spiro atoms. The smallest absolute Gasteiger partial charge is 0.0452 e. The van der Waals surface area contributed by atoms with Crippen LogP contribution in [0.25, 0.3) is 82.2 Å². The first kappa shape index (κ1) is 52.1. The second-order valence-electron chi connectivity index (χ2n) is 25.0. The summed E-state index contributed by atoms with van der Waals surface area (Å²) in [6, 6.07) is 28.6. The number of thiophene rings is 8. The molecular formula is C72H66S8. The van der Waals surface area contributed by atoms with Crippen LogP contribution in [0.1, 0.15) is 172 Å². The molecule has 0 saturated carbocycles. The summed E-state index contributed by atoms with van der Waals surface area (Å²) < 4.78 is 0. The summed E-state index contributed by atoms with van der Waals surface area (Å²) in [7, 11) is 0. The van der Waals surface area contributed by atoms with Crippen molar-refractivity contribution in [2.45, 2.75) is 146 Å². The molecule has 3 aromatic carbocycles. The van der Waals surface area contributed by atoms with Crippen molar-refractivity contribution in [3.63, 3.8) is 0 Å². The highest BCUT2D eigenvalue weighted by Crippen LogP contribution is 2.64. The molecule has 6 aliphatic rings. The van der Waals surface area contributed by atoms with Gasteiger partial charge in [0.15, 0.2) is 0 Å². The third-order valence-corrected chi connectivity index (χ3v) is 28.2. The van der Waals surface area contributed by atoms with Crippen LogP contribution in [0.5, 0.6) is 0 Å². The Hall–Kier alpha value is -4.74. The highest BCUT2D eigenvalue weighted by atomic mass is 32.1. The summed E-state index contributed by atoms with van der Waals surface area (Å²) in [6.07, 6.45) is 2.16. The van der Waals surface area contributed by atoms with Crippen molar-refractivity contribution in [1.82, 2.24) is 0 Å². The molecule has 0 bridgehead atoms. The molecule has 0 nitrogen and oxygen atoms in total. The number of benzene rings is 3. The quantitative estimate of drug-likeness (QED) is 0.162. The molecule has 80 heavy (non-hydrogen) atoms. The lowest BCUT2D eigenvalue weighted by Crippen LogP contribution is -2.20. The van der Waals surface area contributed by atoms with Crippen LogP contribution in [-0.4, -0.2) is 0 Å². The molecule has 0 saturated heterocycles. The van der Waals surface area contributed by atoms with E-state index in [0.29, 0.717) is 11.8 Å². The SMILES string of the molecule is Cc1cc2c(s1)-c1c(C)c3c(c(C)c1C2(C)C)-c1sc(C)cc1C3(C)C.Cc1cc2c(s1)-c1c(C)c3c(c(C)c1C2C)-c1sc(C)cc1C3C.Cc1ccc(-c2cc3c(s2)-c2cc4c(cc2C3)-c2sc(-c3ccc(C)s3)cc2C4)s1. The lowest BCUT2D eigenvalue weighted by molar-refractivity contribution is 0.645. The highest BCUT2D eigenvalue weighted by molar-refractivity contribution is 7.25. The fourth-order valence-corrected chi connectivity index (χ4v) is 25.0. The fourth-order valence-electron chi connectivity index (χ4n) is 15.6. The molecule has 2 atom stereocenters. The van der Waals surface area contributed by atoms with Crippen LogP contribution in [0.3, 0.4) is 0 Å². The molecule has 6 aliphatic carbocycles. The maximum atomic E-state index is 2.50. The van der Waals surface area contributed by atoms with E-state index in [1.165, 1.54) is 145 Å². The molecule has 17 rings (SSSR count). The average Bonchev–Trinajstić information content (AvgIpc) is 4.32. The Morgan fingerprint density at radius 2 is 0.713 bits per heavy atom. The number of fused-ring (bicyclic) bond motifs is 18. The Morgan fingerprint density at radius 3 is 1.09 bits per heavy atom. The Kier molecular flexibility index (Phi) is 11.6. The van der Waals surface area contributed by atoms with E-state index < -0.39 is 0 Å². The maximum absolute atomic E-state index is 2.50. The first-order valence-electron chi connectivity index (χ1n) is 28.4. The third-order valence-electron chi connectivity index (χ3n) is 19.0. The summed E-state index contributed by atoms with van der Waals surface area (Å²) in [5.74, 6) is 1.06. The maximum Gasteiger partial charge on any atom is 0.0452 e. The van der Waals surface area contributed by atoms with Crippen molar-refractivity contribution in [1.29, 1.82) is 0 Å². The van der Waals surface area contributed by atoms with Crippen LogP contribution in [0.2, 0.25) is 0 Å². The molecule has 8 aromatic heterocycles. The number of hydrogen-bond donors (Lipinski definition) is 0. The largest absolute Gasteiger partial charge is 0.140 e. The Balaban J connectivity index is 0.000000104. The van der Waals surface area contributed by atoms with E-state index in [-0.39, 0.29) is 10.8 Å². The molecule has 11 aromatic rings. The van der Waals surface area contributed by atoms with Gasteiger partial charge in [-0.05, 0) is 277 Å². The zero-order valence-corrected chi connectivity index (χ0v) is 55.3. The van der Waals surface area contributed by atoms with E-state index in [2.05, 4.69) is 184 Å². The lowest BCUT2D eigenvalue weighted by Gasteiger charge is -2.29. The monoisotopic (exact) mass is 1190 g/mol. The molecular weight excluding hydrogens is 1120 g/mol. The zero-order valence-electron chi connectivity index (χ0n) is 48.8. The van der Waals surface area contributed by atoms with Gasteiger partial charge in [-0.25, -0.2) is 0 Å². The predicted octanol–water partition coefficient (Wildman–Crippen LogP) is 24.0. The van der Waals surface area contributed by atoms with Crippen LogP contribution in [0.15, 0.2) is 72.8 Å². The van der Waals surface area contributed by atoms with Crippen molar-refractivity contribution < 1.29 is 0 Å². The Labute approximate surface area is 505 Å². The van der Waals surface area contributed by atoms with E-state index in [9.17, 15) is 0 Å². The van der Waals surface area contributed by atoms with Gasteiger partial charge in [0.25, 0.3) is 0 Å². The van der Waals surface area contributed by atoms with Gasteiger partial charge in [-0.15, -0.1) is 90.7 Å². The van der Waals surface area contributed by atoms with Gasteiger partial charge in [0.05, 0.1) is 0 Å². The predicted molar refractivity (Wildman–Crippen MR) is 358 cm³/mol. The molecule has 8 heteroatoms. The van der Waals surface area contributed by atoms with Gasteiger partial charge in [0.1, 0.15) is 0 Å². The first-order valence-corrected chi connectivity index (χ1v) is 35.0. The lowest BCUT2D eigenvalue weighted by atomic mass is 9.74. The van der Waals surface area contributed by atoms with E-state index in [1.807, 2.05) is 90.7 Å². The molecule has 0 N–H and O–H groups in total.